The Kier molecular flexibility index (Phi) is 6.74. The average molecular weight is 335 g/mol. The molecule has 0 aliphatic heterocycles. The van der Waals surface area contributed by atoms with Gasteiger partial charge in [0.05, 0.1) is 17.8 Å². The number of hydrogen-bond acceptors (Lipinski definition) is 4. The lowest BCUT2D eigenvalue weighted by Crippen LogP contribution is -2.39. The lowest BCUT2D eigenvalue weighted by molar-refractivity contribution is -0.242. The molecule has 4 nitrogen and oxygen atoms in total. The summed E-state index contributed by atoms with van der Waals surface area (Å²) in [6, 6.07) is 7.40. The van der Waals surface area contributed by atoms with Crippen molar-refractivity contribution in [2.75, 3.05) is 6.61 Å². The number of rotatable bonds is 7. The first kappa shape index (κ1) is 19.6. The molecule has 0 spiro atoms. The zero-order chi connectivity index (χ0) is 17.7. The van der Waals surface area contributed by atoms with Crippen molar-refractivity contribution < 1.29 is 19.3 Å². The summed E-state index contributed by atoms with van der Waals surface area (Å²) in [5, 5.41) is 1.21. The maximum Gasteiger partial charge on any atom is 0.373 e. The third-order valence-corrected chi connectivity index (χ3v) is 6.18. The highest BCUT2D eigenvalue weighted by atomic mass is 28.3. The molecular formula is C18H27O4Si. The van der Waals surface area contributed by atoms with E-state index in [0.29, 0.717) is 11.7 Å². The Morgan fingerprint density at radius 1 is 1.17 bits per heavy atom. The van der Waals surface area contributed by atoms with E-state index in [9.17, 15) is 4.79 Å². The van der Waals surface area contributed by atoms with Crippen molar-refractivity contribution in [3.05, 3.63) is 48.2 Å². The first-order chi connectivity index (χ1) is 10.5. The van der Waals surface area contributed by atoms with E-state index in [1.165, 1.54) is 5.19 Å². The second-order valence-electron chi connectivity index (χ2n) is 7.06. The minimum atomic E-state index is -1.62. The van der Waals surface area contributed by atoms with E-state index in [2.05, 4.69) is 19.7 Å². The third kappa shape index (κ3) is 6.68. The standard InChI is InChI=1S/C18H27O4Si/c1-8-23(6,7)16-11-9-15(10-12-16)17(19)22-21-14(2)13-20-18(3,4)5/h8-12H,1,13H2,2-7H3. The van der Waals surface area contributed by atoms with E-state index < -0.39 is 14.0 Å². The first-order valence-electron chi connectivity index (χ1n) is 7.64. The van der Waals surface area contributed by atoms with Gasteiger partial charge < -0.3 is 4.74 Å². The molecule has 0 bridgehead atoms. The highest BCUT2D eigenvalue weighted by Crippen LogP contribution is 2.13. The van der Waals surface area contributed by atoms with Gasteiger partial charge in [-0.3, -0.25) is 4.89 Å². The highest BCUT2D eigenvalue weighted by molar-refractivity contribution is 6.93. The van der Waals surface area contributed by atoms with Crippen molar-refractivity contribution in [3.63, 3.8) is 0 Å². The SMILES string of the molecule is C=C[Si](C)(C)c1ccc(C(=O)OO[C](C)COC(C)(C)C)cc1. The Bertz CT molecular complexity index is 529. The van der Waals surface area contributed by atoms with Crippen LogP contribution in [0.15, 0.2) is 36.5 Å². The molecule has 127 valence electrons. The molecule has 1 radical (unpaired) electrons. The molecule has 0 saturated heterocycles. The van der Waals surface area contributed by atoms with Gasteiger partial charge in [-0.1, -0.05) is 36.1 Å². The van der Waals surface area contributed by atoms with Crippen molar-refractivity contribution >= 4 is 19.2 Å². The van der Waals surface area contributed by atoms with Crippen LogP contribution in [0.4, 0.5) is 0 Å². The predicted octanol–water partition coefficient (Wildman–Crippen LogP) is 3.78. The van der Waals surface area contributed by atoms with Crippen molar-refractivity contribution in [3.8, 4) is 0 Å². The highest BCUT2D eigenvalue weighted by Gasteiger charge is 2.20. The Morgan fingerprint density at radius 3 is 2.22 bits per heavy atom. The minimum Gasteiger partial charge on any atom is -0.373 e. The molecule has 0 amide bonds. The number of carbonyl (C=O) groups excluding carboxylic acids is 1. The largest absolute Gasteiger partial charge is 0.373 e. The van der Waals surface area contributed by atoms with Crippen LogP contribution in [0.5, 0.6) is 0 Å². The molecule has 0 atom stereocenters. The summed E-state index contributed by atoms with van der Waals surface area (Å²) in [4.78, 5) is 21.8. The van der Waals surface area contributed by atoms with Crippen LogP contribution in [0.1, 0.15) is 38.1 Å². The van der Waals surface area contributed by atoms with E-state index >= 15 is 0 Å². The summed E-state index contributed by atoms with van der Waals surface area (Å²) in [6.45, 7) is 16.1. The Morgan fingerprint density at radius 2 is 1.74 bits per heavy atom. The van der Waals surface area contributed by atoms with Crippen LogP contribution in [-0.4, -0.2) is 26.3 Å². The first-order valence-corrected chi connectivity index (χ1v) is 10.7. The van der Waals surface area contributed by atoms with Crippen LogP contribution in [0.25, 0.3) is 0 Å². The zero-order valence-electron chi connectivity index (χ0n) is 14.9. The van der Waals surface area contributed by atoms with E-state index in [1.54, 1.807) is 19.1 Å². The summed E-state index contributed by atoms with van der Waals surface area (Å²) in [6.07, 6.45) is 0.491. The molecule has 0 heterocycles. The smallest absolute Gasteiger partial charge is 0.373 e. The molecule has 1 aromatic carbocycles. The average Bonchev–Trinajstić information content (AvgIpc) is 2.50. The van der Waals surface area contributed by atoms with Gasteiger partial charge >= 0.3 is 5.97 Å². The van der Waals surface area contributed by atoms with Gasteiger partial charge in [0.15, 0.2) is 6.10 Å². The zero-order valence-corrected chi connectivity index (χ0v) is 15.9. The number of carbonyl (C=O) groups is 1. The molecule has 0 saturated carbocycles. The Balaban J connectivity index is 2.54. The number of hydrogen-bond donors (Lipinski definition) is 0. The molecule has 23 heavy (non-hydrogen) atoms. The number of ether oxygens (including phenoxy) is 1. The second kappa shape index (κ2) is 7.90. The maximum atomic E-state index is 12.0. The topological polar surface area (TPSA) is 44.8 Å². The fourth-order valence-electron chi connectivity index (χ4n) is 1.65. The maximum absolute atomic E-state index is 12.0. The van der Waals surface area contributed by atoms with E-state index in [-0.39, 0.29) is 12.2 Å². The molecule has 5 heteroatoms. The van der Waals surface area contributed by atoms with Gasteiger partial charge in [-0.2, -0.15) is 4.89 Å². The lowest BCUT2D eigenvalue weighted by Gasteiger charge is -2.21. The number of benzene rings is 1. The Hall–Kier alpha value is -1.43. The van der Waals surface area contributed by atoms with Crippen LogP contribution in [0.3, 0.4) is 0 Å². The molecule has 0 aliphatic carbocycles. The lowest BCUT2D eigenvalue weighted by atomic mass is 10.2. The summed E-state index contributed by atoms with van der Waals surface area (Å²) in [5.74, 6) is -0.523. The van der Waals surface area contributed by atoms with Gasteiger partial charge in [0, 0.05) is 0 Å². The normalized spacial score (nSPS) is 12.3. The molecule has 1 aromatic rings. The van der Waals surface area contributed by atoms with Crippen LogP contribution in [0.2, 0.25) is 13.1 Å². The fourth-order valence-corrected chi connectivity index (χ4v) is 2.91. The van der Waals surface area contributed by atoms with E-state index in [1.807, 2.05) is 38.6 Å². The van der Waals surface area contributed by atoms with E-state index in [0.717, 1.165) is 0 Å². The third-order valence-electron chi connectivity index (χ3n) is 3.34. The summed E-state index contributed by atoms with van der Waals surface area (Å²) in [5.41, 5.74) is 2.19. The fraction of sp³-hybridized carbons (Fsp3) is 0.444. The van der Waals surface area contributed by atoms with Crippen molar-refractivity contribution in [2.24, 2.45) is 0 Å². The summed E-state index contributed by atoms with van der Waals surface area (Å²) < 4.78 is 5.54. The molecule has 0 fully saturated rings. The Labute approximate surface area is 140 Å². The molecule has 0 aliphatic rings. The van der Waals surface area contributed by atoms with E-state index in [4.69, 9.17) is 14.5 Å². The van der Waals surface area contributed by atoms with Gasteiger partial charge in [0.1, 0.15) is 8.07 Å². The molecule has 0 N–H and O–H groups in total. The molecule has 1 rings (SSSR count). The van der Waals surface area contributed by atoms with Gasteiger partial charge in [-0.25, -0.2) is 4.79 Å². The van der Waals surface area contributed by atoms with Crippen LogP contribution in [0, 0.1) is 6.10 Å². The van der Waals surface area contributed by atoms with Crippen LogP contribution < -0.4 is 5.19 Å². The quantitative estimate of drug-likeness (QED) is 0.432. The van der Waals surface area contributed by atoms with Crippen LogP contribution in [-0.2, 0) is 14.5 Å². The molecule has 0 unspecified atom stereocenters. The molecule has 0 aromatic heterocycles. The predicted molar refractivity (Wildman–Crippen MR) is 94.9 cm³/mol. The van der Waals surface area contributed by atoms with Crippen molar-refractivity contribution in [1.29, 1.82) is 0 Å². The summed E-state index contributed by atoms with van der Waals surface area (Å²) >= 11 is 0. The minimum absolute atomic E-state index is 0.272. The molecular weight excluding hydrogens is 308 g/mol. The van der Waals surface area contributed by atoms with Gasteiger partial charge in [-0.05, 0) is 39.8 Å². The van der Waals surface area contributed by atoms with Gasteiger partial charge in [-0.15, -0.1) is 6.58 Å². The van der Waals surface area contributed by atoms with Crippen molar-refractivity contribution in [2.45, 2.75) is 46.4 Å². The summed E-state index contributed by atoms with van der Waals surface area (Å²) in [7, 11) is -1.62. The second-order valence-corrected chi connectivity index (χ2v) is 11.5. The monoisotopic (exact) mass is 335 g/mol. The van der Waals surface area contributed by atoms with Crippen LogP contribution >= 0.6 is 0 Å². The van der Waals surface area contributed by atoms with Crippen molar-refractivity contribution in [1.82, 2.24) is 0 Å². The van der Waals surface area contributed by atoms with Gasteiger partial charge in [0.2, 0.25) is 0 Å². The van der Waals surface area contributed by atoms with Gasteiger partial charge in [0.25, 0.3) is 0 Å².